The average molecular weight is 631 g/mol. The number of anilines is 1. The standard InChI is InChI=1S/C32H37Cl2N3O6/c1-31(2,3)43-30(39)36-32(4)14-16-37(17-15-32)24-18-25(42-19-20-10-12-21(40-5)13-11-20)27(35-28(24)29(38)41-6)22-8-7-9-23(33)26(22)34/h7-13,18H,14-17,19H2,1-6H3,(H,36,39). The number of nitrogens with one attached hydrogen (secondary N) is 1. The number of hydrogen-bond acceptors (Lipinski definition) is 8. The molecule has 1 N–H and O–H groups in total. The molecule has 0 spiro atoms. The Bertz CT molecular complexity index is 1470. The van der Waals surface area contributed by atoms with Gasteiger partial charge in [-0.2, -0.15) is 0 Å². The van der Waals surface area contributed by atoms with Gasteiger partial charge in [0.25, 0.3) is 0 Å². The molecule has 0 aliphatic carbocycles. The fraction of sp³-hybridized carbons (Fsp3) is 0.406. The normalized spacial score (nSPS) is 14.6. The van der Waals surface area contributed by atoms with Crippen molar-refractivity contribution >= 4 is 41.0 Å². The maximum Gasteiger partial charge on any atom is 0.408 e. The molecule has 2 heterocycles. The van der Waals surface area contributed by atoms with E-state index in [2.05, 4.69) is 5.32 Å². The molecule has 1 fully saturated rings. The molecule has 1 aliphatic rings. The van der Waals surface area contributed by atoms with Crippen molar-refractivity contribution in [2.24, 2.45) is 0 Å². The van der Waals surface area contributed by atoms with Gasteiger partial charge in [0.15, 0.2) is 5.69 Å². The number of alkyl carbamates (subject to hydrolysis) is 1. The molecule has 0 radical (unpaired) electrons. The van der Waals surface area contributed by atoms with Crippen molar-refractivity contribution in [3.63, 3.8) is 0 Å². The van der Waals surface area contributed by atoms with E-state index < -0.39 is 23.2 Å². The average Bonchev–Trinajstić information content (AvgIpc) is 2.96. The molecule has 1 aromatic heterocycles. The molecule has 43 heavy (non-hydrogen) atoms. The number of methoxy groups -OCH3 is 2. The lowest BCUT2D eigenvalue weighted by atomic mass is 9.89. The van der Waals surface area contributed by atoms with E-state index in [1.54, 1.807) is 31.4 Å². The van der Waals surface area contributed by atoms with Crippen molar-refractivity contribution in [2.45, 2.75) is 58.3 Å². The van der Waals surface area contributed by atoms with E-state index in [0.29, 0.717) is 53.6 Å². The van der Waals surface area contributed by atoms with E-state index in [0.717, 1.165) is 11.3 Å². The Balaban J connectivity index is 1.69. The van der Waals surface area contributed by atoms with Gasteiger partial charge in [0.1, 0.15) is 29.4 Å². The fourth-order valence-electron chi connectivity index (χ4n) is 4.76. The Morgan fingerprint density at radius 1 is 1.05 bits per heavy atom. The summed E-state index contributed by atoms with van der Waals surface area (Å²) < 4.78 is 22.2. The third-order valence-corrected chi connectivity index (χ3v) is 7.94. The molecular weight excluding hydrogens is 593 g/mol. The van der Waals surface area contributed by atoms with Crippen molar-refractivity contribution in [2.75, 3.05) is 32.2 Å². The Labute approximate surface area is 262 Å². The molecule has 0 saturated carbocycles. The molecule has 1 saturated heterocycles. The van der Waals surface area contributed by atoms with Crippen LogP contribution in [0.2, 0.25) is 10.0 Å². The maximum atomic E-state index is 13.1. The van der Waals surface area contributed by atoms with Crippen LogP contribution in [0.3, 0.4) is 0 Å². The molecule has 11 heteroatoms. The van der Waals surface area contributed by atoms with Crippen LogP contribution in [0.4, 0.5) is 10.5 Å². The first-order valence-corrected chi connectivity index (χ1v) is 14.7. The summed E-state index contributed by atoms with van der Waals surface area (Å²) in [5.74, 6) is 0.555. The summed E-state index contributed by atoms with van der Waals surface area (Å²) >= 11 is 13.0. The highest BCUT2D eigenvalue weighted by Gasteiger charge is 2.35. The zero-order chi connectivity index (χ0) is 31.4. The van der Waals surface area contributed by atoms with E-state index >= 15 is 0 Å². The van der Waals surface area contributed by atoms with Crippen molar-refractivity contribution in [3.05, 3.63) is 69.8 Å². The number of pyridine rings is 1. The molecular formula is C32H37Cl2N3O6. The van der Waals surface area contributed by atoms with Gasteiger partial charge in [0.05, 0.1) is 30.0 Å². The summed E-state index contributed by atoms with van der Waals surface area (Å²) in [7, 11) is 2.92. The quantitative estimate of drug-likeness (QED) is 0.259. The van der Waals surface area contributed by atoms with Crippen molar-refractivity contribution in [3.8, 4) is 22.8 Å². The van der Waals surface area contributed by atoms with Gasteiger partial charge in [-0.3, -0.25) is 0 Å². The molecule has 0 unspecified atom stereocenters. The number of carbonyl (C=O) groups is 2. The van der Waals surface area contributed by atoms with Gasteiger partial charge in [-0.15, -0.1) is 0 Å². The molecule has 1 amide bonds. The second kappa shape index (κ2) is 13.3. The third-order valence-electron chi connectivity index (χ3n) is 7.12. The predicted octanol–water partition coefficient (Wildman–Crippen LogP) is 7.31. The lowest BCUT2D eigenvalue weighted by molar-refractivity contribution is 0.0448. The summed E-state index contributed by atoms with van der Waals surface area (Å²) in [4.78, 5) is 32.4. The van der Waals surface area contributed by atoms with Crippen LogP contribution in [0.5, 0.6) is 11.5 Å². The SMILES string of the molecule is COC(=O)c1nc(-c2cccc(Cl)c2Cl)c(OCc2ccc(OC)cc2)cc1N1CCC(C)(NC(=O)OC(C)(C)C)CC1. The van der Waals surface area contributed by atoms with Crippen LogP contribution in [0.1, 0.15) is 56.6 Å². The second-order valence-corrected chi connectivity index (χ2v) is 12.4. The summed E-state index contributed by atoms with van der Waals surface area (Å²) in [6.07, 6.45) is 0.755. The Hall–Kier alpha value is -3.69. The first kappa shape index (κ1) is 32.2. The molecule has 9 nitrogen and oxygen atoms in total. The highest BCUT2D eigenvalue weighted by atomic mass is 35.5. The Morgan fingerprint density at radius 2 is 1.72 bits per heavy atom. The summed E-state index contributed by atoms with van der Waals surface area (Å²) in [6.45, 7) is 8.77. The van der Waals surface area contributed by atoms with Crippen LogP contribution in [0.25, 0.3) is 11.3 Å². The zero-order valence-corrected chi connectivity index (χ0v) is 26.8. The lowest BCUT2D eigenvalue weighted by Gasteiger charge is -2.41. The summed E-state index contributed by atoms with van der Waals surface area (Å²) in [6, 6.07) is 14.5. The predicted molar refractivity (Wildman–Crippen MR) is 168 cm³/mol. The molecule has 3 aromatic rings. The number of halogens is 2. The van der Waals surface area contributed by atoms with Gasteiger partial charge in [-0.1, -0.05) is 47.5 Å². The Morgan fingerprint density at radius 3 is 2.33 bits per heavy atom. The minimum Gasteiger partial charge on any atom is -0.497 e. The smallest absolute Gasteiger partial charge is 0.408 e. The highest BCUT2D eigenvalue weighted by Crippen LogP contribution is 2.41. The number of carbonyl (C=O) groups excluding carboxylic acids is 2. The van der Waals surface area contributed by atoms with Crippen LogP contribution in [-0.2, 0) is 16.1 Å². The largest absolute Gasteiger partial charge is 0.497 e. The number of aromatic nitrogens is 1. The van der Waals surface area contributed by atoms with Crippen molar-refractivity contribution < 1.29 is 28.5 Å². The minimum absolute atomic E-state index is 0.119. The summed E-state index contributed by atoms with van der Waals surface area (Å²) in [5, 5.41) is 3.65. The van der Waals surface area contributed by atoms with Crippen LogP contribution >= 0.6 is 23.2 Å². The highest BCUT2D eigenvalue weighted by molar-refractivity contribution is 6.43. The van der Waals surface area contributed by atoms with Crippen LogP contribution in [0.15, 0.2) is 48.5 Å². The van der Waals surface area contributed by atoms with Crippen molar-refractivity contribution in [1.29, 1.82) is 0 Å². The number of hydrogen-bond donors (Lipinski definition) is 1. The third kappa shape index (κ3) is 8.03. The number of rotatable bonds is 8. The van der Waals surface area contributed by atoms with Gasteiger partial charge in [-0.05, 0) is 64.3 Å². The van der Waals surface area contributed by atoms with Gasteiger partial charge >= 0.3 is 12.1 Å². The molecule has 230 valence electrons. The van der Waals surface area contributed by atoms with E-state index in [1.807, 2.05) is 56.9 Å². The van der Waals surface area contributed by atoms with Gasteiger partial charge in [0, 0.05) is 30.3 Å². The van der Waals surface area contributed by atoms with Gasteiger partial charge < -0.3 is 29.2 Å². The monoisotopic (exact) mass is 629 g/mol. The number of nitrogens with zero attached hydrogens (tertiary/aromatic N) is 2. The van der Waals surface area contributed by atoms with Crippen molar-refractivity contribution in [1.82, 2.24) is 10.3 Å². The molecule has 2 aromatic carbocycles. The summed E-state index contributed by atoms with van der Waals surface area (Å²) in [5.41, 5.74) is 1.37. The van der Waals surface area contributed by atoms with E-state index in [1.165, 1.54) is 7.11 Å². The topological polar surface area (TPSA) is 99.2 Å². The van der Waals surface area contributed by atoms with Crippen LogP contribution in [0, 0.1) is 0 Å². The number of ether oxygens (including phenoxy) is 4. The lowest BCUT2D eigenvalue weighted by Crippen LogP contribution is -2.54. The fourth-order valence-corrected chi connectivity index (χ4v) is 5.15. The Kier molecular flexibility index (Phi) is 9.97. The van der Waals surface area contributed by atoms with Gasteiger partial charge in [-0.25, -0.2) is 14.6 Å². The molecule has 4 rings (SSSR count). The number of esters is 1. The van der Waals surface area contributed by atoms with Crippen LogP contribution < -0.4 is 19.7 Å². The molecule has 1 aliphatic heterocycles. The number of benzene rings is 2. The first-order valence-electron chi connectivity index (χ1n) is 13.9. The number of amides is 1. The van der Waals surface area contributed by atoms with E-state index in [4.69, 9.17) is 47.1 Å². The number of piperidine rings is 1. The van der Waals surface area contributed by atoms with E-state index in [9.17, 15) is 9.59 Å². The van der Waals surface area contributed by atoms with Crippen LogP contribution in [-0.4, -0.2) is 55.5 Å². The minimum atomic E-state index is -0.601. The molecule has 0 bridgehead atoms. The zero-order valence-electron chi connectivity index (χ0n) is 25.3. The first-order chi connectivity index (χ1) is 20.3. The van der Waals surface area contributed by atoms with Gasteiger partial charge in [0.2, 0.25) is 0 Å². The van der Waals surface area contributed by atoms with E-state index in [-0.39, 0.29) is 17.3 Å². The molecule has 0 atom stereocenters. The second-order valence-electron chi connectivity index (χ2n) is 11.6. The maximum absolute atomic E-state index is 13.1.